The van der Waals surface area contributed by atoms with E-state index in [9.17, 15) is 14.7 Å². The molecule has 0 saturated heterocycles. The summed E-state index contributed by atoms with van der Waals surface area (Å²) < 4.78 is 5.68. The lowest BCUT2D eigenvalue weighted by molar-refractivity contribution is -0.142. The zero-order chi connectivity index (χ0) is 22.7. The summed E-state index contributed by atoms with van der Waals surface area (Å²) in [5, 5.41) is 10.4. The third-order valence-corrected chi connectivity index (χ3v) is 6.17. The normalized spacial score (nSPS) is 13.2. The first-order chi connectivity index (χ1) is 15.5. The number of halogens is 1. The highest BCUT2D eigenvalue weighted by molar-refractivity contribution is 6.30. The number of carboxylic acid groups (broad SMARTS) is 1. The summed E-state index contributed by atoms with van der Waals surface area (Å²) in [6, 6.07) is 22.1. The van der Waals surface area contributed by atoms with Gasteiger partial charge in [0, 0.05) is 23.9 Å². The molecule has 164 valence electrons. The average Bonchev–Trinajstić information content (AvgIpc) is 3.12. The maximum Gasteiger partial charge on any atom is 0.410 e. The number of hydrogen-bond acceptors (Lipinski definition) is 3. The van der Waals surface area contributed by atoms with Crippen LogP contribution in [0.15, 0.2) is 72.8 Å². The molecule has 6 heteroatoms. The van der Waals surface area contributed by atoms with Gasteiger partial charge in [-0.05, 0) is 46.9 Å². The fourth-order valence-corrected chi connectivity index (χ4v) is 4.45. The van der Waals surface area contributed by atoms with Crippen LogP contribution in [-0.2, 0) is 16.0 Å². The van der Waals surface area contributed by atoms with Crippen LogP contribution in [0.3, 0.4) is 0 Å². The van der Waals surface area contributed by atoms with Gasteiger partial charge >= 0.3 is 12.1 Å². The largest absolute Gasteiger partial charge is 0.480 e. The van der Waals surface area contributed by atoms with Gasteiger partial charge in [-0.25, -0.2) is 9.59 Å². The van der Waals surface area contributed by atoms with Gasteiger partial charge in [0.15, 0.2) is 0 Å². The Kier molecular flexibility index (Phi) is 6.47. The van der Waals surface area contributed by atoms with Crippen molar-refractivity contribution in [2.45, 2.75) is 25.3 Å². The molecule has 0 fully saturated rings. The maximum absolute atomic E-state index is 13.0. The lowest BCUT2D eigenvalue weighted by Crippen LogP contribution is -2.46. The van der Waals surface area contributed by atoms with Crippen LogP contribution in [0.2, 0.25) is 5.02 Å². The second kappa shape index (κ2) is 9.45. The minimum atomic E-state index is -1.07. The van der Waals surface area contributed by atoms with Gasteiger partial charge in [0.05, 0.1) is 0 Å². The van der Waals surface area contributed by atoms with Crippen molar-refractivity contribution in [3.8, 4) is 11.1 Å². The molecule has 1 unspecified atom stereocenters. The van der Waals surface area contributed by atoms with E-state index < -0.39 is 18.1 Å². The second-order valence-corrected chi connectivity index (χ2v) is 8.21. The fraction of sp³-hybridized carbons (Fsp3) is 0.231. The van der Waals surface area contributed by atoms with E-state index >= 15 is 0 Å². The van der Waals surface area contributed by atoms with Crippen molar-refractivity contribution in [3.63, 3.8) is 0 Å². The smallest absolute Gasteiger partial charge is 0.410 e. The molecule has 0 heterocycles. The Hall–Kier alpha value is -3.31. The minimum Gasteiger partial charge on any atom is -0.480 e. The summed E-state index contributed by atoms with van der Waals surface area (Å²) in [5.74, 6) is -1.15. The number of nitrogens with zero attached hydrogens (tertiary/aromatic N) is 1. The second-order valence-electron chi connectivity index (χ2n) is 7.77. The number of hydrogen-bond donors (Lipinski definition) is 1. The number of rotatable bonds is 7. The number of carboxylic acids is 1. The fourth-order valence-electron chi connectivity index (χ4n) is 4.33. The minimum absolute atomic E-state index is 0.0791. The predicted molar refractivity (Wildman–Crippen MR) is 124 cm³/mol. The molecule has 0 aromatic heterocycles. The molecule has 1 aliphatic rings. The predicted octanol–water partition coefficient (Wildman–Crippen LogP) is 5.61. The highest BCUT2D eigenvalue weighted by Gasteiger charge is 2.33. The van der Waals surface area contributed by atoms with Crippen molar-refractivity contribution in [1.82, 2.24) is 4.90 Å². The third kappa shape index (κ3) is 4.34. The number of likely N-dealkylation sites (N-methyl/N-ethyl adjacent to an activating group) is 1. The lowest BCUT2D eigenvalue weighted by Gasteiger charge is -2.28. The molecule has 3 aromatic carbocycles. The van der Waals surface area contributed by atoms with Crippen LogP contribution in [0.1, 0.15) is 29.5 Å². The first-order valence-electron chi connectivity index (χ1n) is 10.6. The molecule has 0 spiro atoms. The van der Waals surface area contributed by atoms with Crippen molar-refractivity contribution in [1.29, 1.82) is 0 Å². The molecule has 0 aliphatic heterocycles. The molecule has 3 aromatic rings. The van der Waals surface area contributed by atoms with E-state index in [-0.39, 0.29) is 25.5 Å². The number of carbonyl (C=O) groups excluding carboxylic acids is 1. The molecule has 5 nitrogen and oxygen atoms in total. The van der Waals surface area contributed by atoms with Crippen molar-refractivity contribution in [3.05, 3.63) is 94.5 Å². The standard InChI is InChI=1S/C26H24ClNO4/c1-2-28(24(25(29)30)15-17-11-13-18(27)14-12-17)26(31)32-16-23-21-9-5-3-7-19(21)20-8-4-6-10-22(20)23/h3-14,23-24H,2,15-16H2,1H3,(H,29,30). The number of amides is 1. The Balaban J connectivity index is 1.50. The zero-order valence-corrected chi connectivity index (χ0v) is 18.5. The van der Waals surface area contributed by atoms with Gasteiger partial charge in [-0.2, -0.15) is 0 Å². The summed E-state index contributed by atoms with van der Waals surface area (Å²) in [4.78, 5) is 26.2. The van der Waals surface area contributed by atoms with E-state index in [4.69, 9.17) is 16.3 Å². The van der Waals surface area contributed by atoms with E-state index in [1.54, 1.807) is 31.2 Å². The summed E-state index contributed by atoms with van der Waals surface area (Å²) in [5.41, 5.74) is 5.29. The molecule has 1 N–H and O–H groups in total. The Morgan fingerprint density at radius 3 is 2.06 bits per heavy atom. The maximum atomic E-state index is 13.0. The van der Waals surface area contributed by atoms with Crippen LogP contribution in [0.25, 0.3) is 11.1 Å². The Bertz CT molecular complexity index is 1080. The van der Waals surface area contributed by atoms with Crippen molar-refractivity contribution in [2.24, 2.45) is 0 Å². The summed E-state index contributed by atoms with van der Waals surface area (Å²) in [6.45, 7) is 2.12. The van der Waals surface area contributed by atoms with Gasteiger partial charge in [-0.15, -0.1) is 0 Å². The van der Waals surface area contributed by atoms with E-state index in [0.717, 1.165) is 27.8 Å². The van der Waals surface area contributed by atoms with Crippen molar-refractivity contribution >= 4 is 23.7 Å². The molecular formula is C26H24ClNO4. The van der Waals surface area contributed by atoms with Crippen LogP contribution in [0.5, 0.6) is 0 Å². The van der Waals surface area contributed by atoms with Crippen LogP contribution < -0.4 is 0 Å². The number of ether oxygens (including phenoxy) is 1. The van der Waals surface area contributed by atoms with Gasteiger partial charge in [0.2, 0.25) is 0 Å². The Morgan fingerprint density at radius 1 is 0.969 bits per heavy atom. The van der Waals surface area contributed by atoms with Gasteiger partial charge in [-0.3, -0.25) is 4.90 Å². The highest BCUT2D eigenvalue weighted by Crippen LogP contribution is 2.44. The summed E-state index contributed by atoms with van der Waals surface area (Å²) >= 11 is 5.93. The van der Waals surface area contributed by atoms with Gasteiger partial charge < -0.3 is 9.84 Å². The van der Waals surface area contributed by atoms with E-state index in [2.05, 4.69) is 12.1 Å². The molecule has 1 atom stereocenters. The topological polar surface area (TPSA) is 66.8 Å². The van der Waals surface area contributed by atoms with E-state index in [1.807, 2.05) is 36.4 Å². The number of aliphatic carboxylic acids is 1. The molecule has 4 rings (SSSR count). The average molecular weight is 450 g/mol. The summed E-state index contributed by atoms with van der Waals surface area (Å²) in [6.07, 6.45) is -0.458. The third-order valence-electron chi connectivity index (χ3n) is 5.91. The van der Waals surface area contributed by atoms with E-state index in [1.165, 1.54) is 4.90 Å². The molecule has 1 aliphatic carbocycles. The lowest BCUT2D eigenvalue weighted by atomic mass is 9.98. The van der Waals surface area contributed by atoms with Gasteiger partial charge in [-0.1, -0.05) is 72.3 Å². The van der Waals surface area contributed by atoms with Crippen molar-refractivity contribution < 1.29 is 19.4 Å². The SMILES string of the molecule is CCN(C(=O)OCC1c2ccccc2-c2ccccc21)C(Cc1ccc(Cl)cc1)C(=O)O. The van der Waals surface area contributed by atoms with Crippen molar-refractivity contribution in [2.75, 3.05) is 13.2 Å². The summed E-state index contributed by atoms with van der Waals surface area (Å²) in [7, 11) is 0. The molecule has 0 saturated carbocycles. The number of benzene rings is 3. The Labute approximate surface area is 192 Å². The van der Waals surface area contributed by atoms with E-state index in [0.29, 0.717) is 5.02 Å². The van der Waals surface area contributed by atoms with Gasteiger partial charge in [0.25, 0.3) is 0 Å². The highest BCUT2D eigenvalue weighted by atomic mass is 35.5. The first-order valence-corrected chi connectivity index (χ1v) is 11.0. The van der Waals surface area contributed by atoms with Crippen LogP contribution in [0.4, 0.5) is 4.79 Å². The van der Waals surface area contributed by atoms with Gasteiger partial charge in [0.1, 0.15) is 12.6 Å². The molecular weight excluding hydrogens is 426 g/mol. The monoisotopic (exact) mass is 449 g/mol. The molecule has 32 heavy (non-hydrogen) atoms. The first kappa shape index (κ1) is 21.9. The molecule has 1 amide bonds. The van der Waals surface area contributed by atoms with Crippen LogP contribution in [0, 0.1) is 0 Å². The molecule has 0 radical (unpaired) electrons. The quantitative estimate of drug-likeness (QED) is 0.509. The van der Waals surface area contributed by atoms with Crippen LogP contribution in [-0.4, -0.2) is 41.3 Å². The number of carbonyl (C=O) groups is 2. The van der Waals surface area contributed by atoms with Crippen LogP contribution >= 0.6 is 11.6 Å². The zero-order valence-electron chi connectivity index (χ0n) is 17.7. The molecule has 0 bridgehead atoms. The number of fused-ring (bicyclic) bond motifs is 3. The Morgan fingerprint density at radius 2 is 1.53 bits per heavy atom.